The number of hydrogen-bond acceptors (Lipinski definition) is 5. The van der Waals surface area contributed by atoms with Crippen LogP contribution < -0.4 is 19.8 Å². The first kappa shape index (κ1) is 27.6. The molecule has 1 aliphatic rings. The van der Waals surface area contributed by atoms with Gasteiger partial charge in [0.15, 0.2) is 16.9 Å². The molecule has 0 spiro atoms. The molecule has 5 aromatic rings. The van der Waals surface area contributed by atoms with Gasteiger partial charge in [-0.05, 0) is 91.9 Å². The van der Waals surface area contributed by atoms with E-state index in [1.54, 1.807) is 11.0 Å². The fourth-order valence-corrected chi connectivity index (χ4v) is 5.53. The standard InChI is InChI=1S/C35H30ClNO5/c1-5-40-30-17-24(12-14-28(30)41-19-23-9-7-6-8-10-23)32-31-33(38)26-15-21(3)22(4)16-29(26)42-34(31)35(39)37(32)25-13-11-20(2)27(36)18-25/h6-18,32H,5,19H2,1-4H3. The lowest BCUT2D eigenvalue weighted by Gasteiger charge is -2.26. The highest BCUT2D eigenvalue weighted by atomic mass is 35.5. The predicted molar refractivity (Wildman–Crippen MR) is 165 cm³/mol. The summed E-state index contributed by atoms with van der Waals surface area (Å²) in [7, 11) is 0. The summed E-state index contributed by atoms with van der Waals surface area (Å²) in [6.45, 7) is 8.47. The fraction of sp³-hybridized carbons (Fsp3) is 0.200. The van der Waals surface area contributed by atoms with Crippen LogP contribution in [0.5, 0.6) is 11.5 Å². The lowest BCUT2D eigenvalue weighted by atomic mass is 9.96. The minimum atomic E-state index is -0.768. The largest absolute Gasteiger partial charge is 0.490 e. The Morgan fingerprint density at radius 2 is 1.60 bits per heavy atom. The number of halogens is 1. The average Bonchev–Trinajstić information content (AvgIpc) is 3.28. The number of anilines is 1. The number of rotatable bonds is 7. The highest BCUT2D eigenvalue weighted by Crippen LogP contribution is 2.44. The molecule has 7 heteroatoms. The summed E-state index contributed by atoms with van der Waals surface area (Å²) in [5.74, 6) is 0.704. The Kier molecular flexibility index (Phi) is 7.25. The molecule has 4 aromatic carbocycles. The summed E-state index contributed by atoms with van der Waals surface area (Å²) in [6, 6.07) is 23.7. The predicted octanol–water partition coefficient (Wildman–Crippen LogP) is 8.10. The molecule has 0 saturated heterocycles. The smallest absolute Gasteiger partial charge is 0.295 e. The quantitative estimate of drug-likeness (QED) is 0.195. The van der Waals surface area contributed by atoms with Crippen LogP contribution >= 0.6 is 11.6 Å². The molecular weight excluding hydrogens is 550 g/mol. The van der Waals surface area contributed by atoms with Crippen molar-refractivity contribution in [3.05, 3.63) is 133 Å². The van der Waals surface area contributed by atoms with E-state index >= 15 is 0 Å². The van der Waals surface area contributed by atoms with Gasteiger partial charge in [-0.3, -0.25) is 14.5 Å². The van der Waals surface area contributed by atoms with Crippen molar-refractivity contribution >= 4 is 34.2 Å². The maximum atomic E-state index is 14.1. The summed E-state index contributed by atoms with van der Waals surface area (Å²) >= 11 is 6.51. The van der Waals surface area contributed by atoms with Gasteiger partial charge in [-0.25, -0.2) is 0 Å². The third-order valence-electron chi connectivity index (χ3n) is 7.74. The summed E-state index contributed by atoms with van der Waals surface area (Å²) in [5.41, 5.74) is 5.52. The van der Waals surface area contributed by atoms with Gasteiger partial charge in [-0.15, -0.1) is 0 Å². The Labute approximate surface area is 249 Å². The number of benzene rings is 4. The van der Waals surface area contributed by atoms with Crippen LogP contribution in [0.1, 0.15) is 56.9 Å². The topological polar surface area (TPSA) is 69.0 Å². The van der Waals surface area contributed by atoms with Crippen molar-refractivity contribution in [1.82, 2.24) is 0 Å². The van der Waals surface area contributed by atoms with Crippen LogP contribution in [0, 0.1) is 20.8 Å². The minimum Gasteiger partial charge on any atom is -0.490 e. The fourth-order valence-electron chi connectivity index (χ4n) is 5.36. The van der Waals surface area contributed by atoms with Crippen molar-refractivity contribution in [3.8, 4) is 11.5 Å². The van der Waals surface area contributed by atoms with Crippen LogP contribution in [0.25, 0.3) is 11.0 Å². The van der Waals surface area contributed by atoms with E-state index in [0.29, 0.717) is 52.0 Å². The molecular formula is C35H30ClNO5. The maximum Gasteiger partial charge on any atom is 0.295 e. The first-order valence-corrected chi connectivity index (χ1v) is 14.3. The van der Waals surface area contributed by atoms with E-state index in [1.165, 1.54) is 0 Å². The lowest BCUT2D eigenvalue weighted by Crippen LogP contribution is -2.29. The van der Waals surface area contributed by atoms with Crippen molar-refractivity contribution in [1.29, 1.82) is 0 Å². The second-order valence-corrected chi connectivity index (χ2v) is 10.9. The lowest BCUT2D eigenvalue weighted by molar-refractivity contribution is 0.0971. The van der Waals surface area contributed by atoms with Crippen molar-refractivity contribution in [3.63, 3.8) is 0 Å². The SMILES string of the molecule is CCOc1cc(C2c3c(oc4cc(C)c(C)cc4c3=O)C(=O)N2c2ccc(C)c(Cl)c2)ccc1OCc1ccccc1. The van der Waals surface area contributed by atoms with Crippen molar-refractivity contribution in [2.24, 2.45) is 0 Å². The summed E-state index contributed by atoms with van der Waals surface area (Å²) in [6.07, 6.45) is 0. The van der Waals surface area contributed by atoms with Crippen molar-refractivity contribution in [2.45, 2.75) is 40.3 Å². The summed E-state index contributed by atoms with van der Waals surface area (Å²) in [5, 5.41) is 0.955. The number of ether oxygens (including phenoxy) is 2. The van der Waals surface area contributed by atoms with Crippen LogP contribution in [0.2, 0.25) is 5.02 Å². The van der Waals surface area contributed by atoms with Gasteiger partial charge in [0.05, 0.1) is 23.6 Å². The number of carbonyl (C=O) groups is 1. The minimum absolute atomic E-state index is 0.0276. The zero-order valence-electron chi connectivity index (χ0n) is 23.9. The number of aryl methyl sites for hydroxylation is 3. The van der Waals surface area contributed by atoms with Crippen LogP contribution in [0.4, 0.5) is 5.69 Å². The van der Waals surface area contributed by atoms with Gasteiger partial charge in [0.1, 0.15) is 12.2 Å². The molecule has 42 heavy (non-hydrogen) atoms. The van der Waals surface area contributed by atoms with Crippen molar-refractivity contribution < 1.29 is 18.7 Å². The Balaban J connectivity index is 1.52. The maximum absolute atomic E-state index is 14.1. The van der Waals surface area contributed by atoms with E-state index in [9.17, 15) is 9.59 Å². The molecule has 6 nitrogen and oxygen atoms in total. The molecule has 1 amide bonds. The van der Waals surface area contributed by atoms with Gasteiger partial charge in [-0.1, -0.05) is 54.1 Å². The molecule has 0 aliphatic carbocycles. The van der Waals surface area contributed by atoms with Gasteiger partial charge in [-0.2, -0.15) is 0 Å². The number of carbonyl (C=O) groups excluding carboxylic acids is 1. The molecule has 212 valence electrons. The Hall–Kier alpha value is -4.55. The zero-order valence-corrected chi connectivity index (χ0v) is 24.6. The van der Waals surface area contributed by atoms with Gasteiger partial charge in [0, 0.05) is 10.7 Å². The highest BCUT2D eigenvalue weighted by Gasteiger charge is 2.44. The monoisotopic (exact) mass is 579 g/mol. The van der Waals surface area contributed by atoms with Crippen LogP contribution in [0.15, 0.2) is 88.1 Å². The van der Waals surface area contributed by atoms with Crippen molar-refractivity contribution in [2.75, 3.05) is 11.5 Å². The Bertz CT molecular complexity index is 1900. The summed E-state index contributed by atoms with van der Waals surface area (Å²) in [4.78, 5) is 29.8. The van der Waals surface area contributed by atoms with E-state index in [1.807, 2.05) is 100 Å². The molecule has 1 atom stereocenters. The van der Waals surface area contributed by atoms with Gasteiger partial charge in [0.2, 0.25) is 5.76 Å². The first-order chi connectivity index (χ1) is 20.3. The summed E-state index contributed by atoms with van der Waals surface area (Å²) < 4.78 is 18.3. The molecule has 1 aromatic heterocycles. The number of amides is 1. The number of fused-ring (bicyclic) bond motifs is 2. The first-order valence-electron chi connectivity index (χ1n) is 13.9. The van der Waals surface area contributed by atoms with Gasteiger partial charge in [0.25, 0.3) is 5.91 Å². The molecule has 1 unspecified atom stereocenters. The number of hydrogen-bond donors (Lipinski definition) is 0. The molecule has 2 heterocycles. The third-order valence-corrected chi connectivity index (χ3v) is 8.15. The second kappa shape index (κ2) is 11.0. The van der Waals surface area contributed by atoms with Crippen LogP contribution in [-0.4, -0.2) is 12.5 Å². The molecule has 0 bridgehead atoms. The van der Waals surface area contributed by atoms with E-state index in [4.69, 9.17) is 25.5 Å². The van der Waals surface area contributed by atoms with Crippen LogP contribution in [0.3, 0.4) is 0 Å². The molecule has 0 saturated carbocycles. The molecule has 0 N–H and O–H groups in total. The molecule has 0 fully saturated rings. The third kappa shape index (κ3) is 4.82. The second-order valence-electron chi connectivity index (χ2n) is 10.5. The molecule has 6 rings (SSSR count). The van der Waals surface area contributed by atoms with Gasteiger partial charge < -0.3 is 13.9 Å². The van der Waals surface area contributed by atoms with Crippen LogP contribution in [-0.2, 0) is 6.61 Å². The Morgan fingerprint density at radius 1 is 0.833 bits per heavy atom. The average molecular weight is 580 g/mol. The Morgan fingerprint density at radius 3 is 2.33 bits per heavy atom. The molecule has 1 aliphatic heterocycles. The normalized spacial score (nSPS) is 14.4. The van der Waals surface area contributed by atoms with E-state index in [-0.39, 0.29) is 16.8 Å². The molecule has 0 radical (unpaired) electrons. The van der Waals surface area contributed by atoms with E-state index < -0.39 is 11.9 Å². The van der Waals surface area contributed by atoms with E-state index in [0.717, 1.165) is 22.3 Å². The van der Waals surface area contributed by atoms with Gasteiger partial charge >= 0.3 is 0 Å². The highest BCUT2D eigenvalue weighted by molar-refractivity contribution is 6.31. The zero-order chi connectivity index (χ0) is 29.5. The number of nitrogens with zero attached hydrogens (tertiary/aromatic N) is 1. The van der Waals surface area contributed by atoms with E-state index in [2.05, 4.69) is 0 Å².